The van der Waals surface area contributed by atoms with Crippen LogP contribution in [0.15, 0.2) is 47.0 Å². The van der Waals surface area contributed by atoms with E-state index in [1.165, 1.54) is 44.2 Å². The van der Waals surface area contributed by atoms with E-state index in [0.717, 1.165) is 25.3 Å². The van der Waals surface area contributed by atoms with Gasteiger partial charge in [-0.1, -0.05) is 44.6 Å². The number of aryl methyl sites for hydroxylation is 2. The molecule has 0 spiro atoms. The summed E-state index contributed by atoms with van der Waals surface area (Å²) in [6, 6.07) is 6.08. The number of aromatic nitrogens is 2. The van der Waals surface area contributed by atoms with Gasteiger partial charge >= 0.3 is 5.82 Å². The van der Waals surface area contributed by atoms with Crippen molar-refractivity contribution < 1.29 is 25.9 Å². The van der Waals surface area contributed by atoms with Gasteiger partial charge in [-0.3, -0.25) is 4.57 Å². The molecule has 1 heterocycles. The van der Waals surface area contributed by atoms with E-state index in [-0.39, 0.29) is 22.8 Å². The summed E-state index contributed by atoms with van der Waals surface area (Å²) in [5.41, 5.74) is 0.662. The Hall–Kier alpha value is -1.56. The molecule has 0 fully saturated rings. The molecule has 25 heavy (non-hydrogen) atoms. The highest BCUT2D eigenvalue weighted by Gasteiger charge is 2.13. The average molecular weight is 411 g/mol. The minimum Gasteiger partial charge on any atom is -1.00 e. The fourth-order valence-electron chi connectivity index (χ4n) is 2.57. The van der Waals surface area contributed by atoms with E-state index in [1.54, 1.807) is 12.1 Å². The van der Waals surface area contributed by atoms with Gasteiger partial charge in [0, 0.05) is 5.11 Å². The van der Waals surface area contributed by atoms with E-state index < -0.39 is 0 Å². The molecule has 4 nitrogen and oxygen atoms in total. The summed E-state index contributed by atoms with van der Waals surface area (Å²) >= 11 is 0. The van der Waals surface area contributed by atoms with Crippen LogP contribution in [0.25, 0.3) is 0 Å². The van der Waals surface area contributed by atoms with Gasteiger partial charge in [0.15, 0.2) is 6.33 Å². The molecule has 2 aromatic rings. The average Bonchev–Trinajstić information content (AvgIpc) is 2.97. The van der Waals surface area contributed by atoms with Crippen LogP contribution in [0.4, 0.5) is 15.9 Å². The van der Waals surface area contributed by atoms with Gasteiger partial charge in [0.2, 0.25) is 0 Å². The first-order valence-electron chi connectivity index (χ1n) is 8.99. The first-order valence-corrected chi connectivity index (χ1v) is 8.99. The minimum absolute atomic E-state index is 0. The van der Waals surface area contributed by atoms with E-state index in [0.29, 0.717) is 5.69 Å². The SMILES string of the molecule is CCCCCn1cc(/N=N/c2ccc(F)cc2)[n+](CCCCC)c1.[Br-]. The summed E-state index contributed by atoms with van der Waals surface area (Å²) in [6.07, 6.45) is 11.4. The molecule has 0 bridgehead atoms. The van der Waals surface area contributed by atoms with Gasteiger partial charge in [-0.25, -0.2) is 8.96 Å². The maximum atomic E-state index is 13.0. The van der Waals surface area contributed by atoms with Gasteiger partial charge in [0.1, 0.15) is 17.7 Å². The third kappa shape index (κ3) is 7.46. The molecule has 0 atom stereocenters. The Balaban J connectivity index is 0.00000312. The van der Waals surface area contributed by atoms with Crippen molar-refractivity contribution in [2.75, 3.05) is 0 Å². The van der Waals surface area contributed by atoms with E-state index in [9.17, 15) is 4.39 Å². The minimum atomic E-state index is -0.259. The number of halogens is 2. The number of unbranched alkanes of at least 4 members (excludes halogenated alkanes) is 4. The van der Waals surface area contributed by atoms with E-state index in [2.05, 4.69) is 45.7 Å². The Bertz CT molecular complexity index is 637. The normalized spacial score (nSPS) is 11.0. The number of azo groups is 1. The van der Waals surface area contributed by atoms with Crippen LogP contribution in [0.1, 0.15) is 52.4 Å². The second kappa shape index (κ2) is 11.9. The van der Waals surface area contributed by atoms with Crippen molar-refractivity contribution in [1.29, 1.82) is 0 Å². The fraction of sp³-hybridized carbons (Fsp3) is 0.526. The van der Waals surface area contributed by atoms with Crippen molar-refractivity contribution in [2.24, 2.45) is 10.2 Å². The lowest BCUT2D eigenvalue weighted by molar-refractivity contribution is -0.684. The number of hydrogen-bond donors (Lipinski definition) is 0. The lowest BCUT2D eigenvalue weighted by atomic mass is 10.2. The molecule has 138 valence electrons. The predicted molar refractivity (Wildman–Crippen MR) is 94.3 cm³/mol. The Morgan fingerprint density at radius 1 is 0.960 bits per heavy atom. The Morgan fingerprint density at radius 3 is 2.32 bits per heavy atom. The summed E-state index contributed by atoms with van der Waals surface area (Å²) in [7, 11) is 0. The topological polar surface area (TPSA) is 33.5 Å². The van der Waals surface area contributed by atoms with Crippen LogP contribution >= 0.6 is 0 Å². The zero-order chi connectivity index (χ0) is 17.2. The highest BCUT2D eigenvalue weighted by Crippen LogP contribution is 2.16. The molecule has 6 heteroatoms. The largest absolute Gasteiger partial charge is 1.00 e. The summed E-state index contributed by atoms with van der Waals surface area (Å²) in [4.78, 5) is 0. The number of hydrogen-bond acceptors (Lipinski definition) is 2. The molecule has 1 aromatic heterocycles. The monoisotopic (exact) mass is 410 g/mol. The first kappa shape index (κ1) is 21.5. The maximum Gasteiger partial charge on any atom is 0.319 e. The third-order valence-corrected chi connectivity index (χ3v) is 3.98. The van der Waals surface area contributed by atoms with E-state index >= 15 is 0 Å². The quantitative estimate of drug-likeness (QED) is 0.327. The Morgan fingerprint density at radius 2 is 1.64 bits per heavy atom. The summed E-state index contributed by atoms with van der Waals surface area (Å²) in [5.74, 6) is 0.595. The van der Waals surface area contributed by atoms with Gasteiger partial charge in [-0.15, -0.1) is 0 Å². The maximum absolute atomic E-state index is 13.0. The zero-order valence-electron chi connectivity index (χ0n) is 15.2. The molecule has 0 saturated heterocycles. The van der Waals surface area contributed by atoms with Gasteiger partial charge in [0.25, 0.3) is 0 Å². The fourth-order valence-corrected chi connectivity index (χ4v) is 2.57. The molecule has 0 amide bonds. The van der Waals surface area contributed by atoms with Gasteiger partial charge in [-0.2, -0.15) is 0 Å². The molecule has 0 aliphatic heterocycles. The molecule has 0 aliphatic rings. The number of nitrogens with zero attached hydrogens (tertiary/aromatic N) is 4. The second-order valence-electron chi connectivity index (χ2n) is 6.12. The molecule has 1 aromatic carbocycles. The van der Waals surface area contributed by atoms with E-state index in [1.807, 2.05) is 0 Å². The van der Waals surface area contributed by atoms with E-state index in [4.69, 9.17) is 0 Å². The van der Waals surface area contributed by atoms with Crippen molar-refractivity contribution in [3.8, 4) is 0 Å². The van der Waals surface area contributed by atoms with Gasteiger partial charge < -0.3 is 17.0 Å². The lowest BCUT2D eigenvalue weighted by Crippen LogP contribution is -3.00. The van der Waals surface area contributed by atoms with Crippen LogP contribution in [0.2, 0.25) is 0 Å². The smallest absolute Gasteiger partial charge is 0.319 e. The van der Waals surface area contributed by atoms with Gasteiger partial charge in [0.05, 0.1) is 13.1 Å². The lowest BCUT2D eigenvalue weighted by Gasteiger charge is -1.98. The number of benzene rings is 1. The molecule has 0 N–H and O–H groups in total. The van der Waals surface area contributed by atoms with Crippen LogP contribution in [0.3, 0.4) is 0 Å². The second-order valence-corrected chi connectivity index (χ2v) is 6.12. The number of imidazole rings is 1. The Kier molecular flexibility index (Phi) is 10.2. The van der Waals surface area contributed by atoms with Crippen molar-refractivity contribution in [2.45, 2.75) is 65.5 Å². The summed E-state index contributed by atoms with van der Waals surface area (Å²) < 4.78 is 17.3. The molecular formula is C19H28BrFN4. The van der Waals surface area contributed by atoms with Gasteiger partial charge in [-0.05, 0) is 37.1 Å². The molecular weight excluding hydrogens is 383 g/mol. The first-order chi connectivity index (χ1) is 11.7. The number of rotatable bonds is 10. The molecule has 0 saturated carbocycles. The Labute approximate surface area is 160 Å². The molecule has 0 aliphatic carbocycles. The standard InChI is InChI=1S/C19H28FN4.BrH/c1-3-5-7-13-23-15-19(24(16-23)14-8-6-4-2)22-21-18-11-9-17(20)10-12-18;/h9-12,15-16H,3-8,13-14H2,1-2H3;1H/q+1;/p-1/b22-21+;. The van der Waals surface area contributed by atoms with Crippen molar-refractivity contribution in [1.82, 2.24) is 4.57 Å². The summed E-state index contributed by atoms with van der Waals surface area (Å²) in [6.45, 7) is 6.37. The van der Waals surface area contributed by atoms with Crippen molar-refractivity contribution in [3.63, 3.8) is 0 Å². The van der Waals surface area contributed by atoms with Crippen LogP contribution < -0.4 is 21.5 Å². The van der Waals surface area contributed by atoms with Crippen LogP contribution in [0.5, 0.6) is 0 Å². The van der Waals surface area contributed by atoms with Crippen molar-refractivity contribution in [3.05, 3.63) is 42.6 Å². The zero-order valence-corrected chi connectivity index (χ0v) is 16.8. The van der Waals surface area contributed by atoms with Crippen LogP contribution in [-0.4, -0.2) is 4.57 Å². The molecule has 0 unspecified atom stereocenters. The third-order valence-electron chi connectivity index (χ3n) is 3.98. The van der Waals surface area contributed by atoms with Crippen LogP contribution in [-0.2, 0) is 13.1 Å². The molecule has 0 radical (unpaired) electrons. The summed E-state index contributed by atoms with van der Waals surface area (Å²) in [5, 5.41) is 8.62. The predicted octanol–water partition coefficient (Wildman–Crippen LogP) is 2.71. The molecule has 2 rings (SSSR count). The van der Waals surface area contributed by atoms with Crippen LogP contribution in [0, 0.1) is 5.82 Å². The van der Waals surface area contributed by atoms with Crippen molar-refractivity contribution >= 4 is 11.5 Å². The highest BCUT2D eigenvalue weighted by atomic mass is 79.9. The highest BCUT2D eigenvalue weighted by molar-refractivity contribution is 5.36.